The quantitative estimate of drug-likeness (QED) is 0.685. The maximum atomic E-state index is 13.6. The molecular formula is C12H11BF3NO5S. The molecule has 1 aliphatic heterocycles. The van der Waals surface area contributed by atoms with Crippen LogP contribution in [0.5, 0.6) is 5.75 Å². The lowest BCUT2D eigenvalue weighted by Crippen LogP contribution is -2.53. The van der Waals surface area contributed by atoms with Crippen molar-refractivity contribution in [2.24, 2.45) is 0 Å². The van der Waals surface area contributed by atoms with Crippen LogP contribution >= 0.6 is 11.8 Å². The molecule has 23 heavy (non-hydrogen) atoms. The molecule has 1 atom stereocenters. The Morgan fingerprint density at radius 3 is 2.78 bits per heavy atom. The highest BCUT2D eigenvalue weighted by Gasteiger charge is 2.38. The van der Waals surface area contributed by atoms with Crippen LogP contribution in [-0.4, -0.2) is 46.6 Å². The van der Waals surface area contributed by atoms with Crippen molar-refractivity contribution in [2.75, 3.05) is 5.75 Å². The van der Waals surface area contributed by atoms with Crippen molar-refractivity contribution in [3.05, 3.63) is 29.1 Å². The third kappa shape index (κ3) is 4.11. The molecule has 1 aromatic rings. The van der Waals surface area contributed by atoms with E-state index in [1.54, 1.807) is 0 Å². The topological polar surface area (TPSA) is 95.9 Å². The first kappa shape index (κ1) is 17.5. The van der Waals surface area contributed by atoms with Gasteiger partial charge in [-0.15, -0.1) is 0 Å². The summed E-state index contributed by atoms with van der Waals surface area (Å²) in [5, 5.41) is 21.1. The molecule has 0 fully saturated rings. The Hall–Kier alpha value is -1.88. The molecule has 0 spiro atoms. The molecule has 0 saturated carbocycles. The van der Waals surface area contributed by atoms with E-state index >= 15 is 0 Å². The SMILES string of the molecule is O=C(CSC(F)F)NC1Cc2ccc(F)c(C(=O)O)c2OB1O. The number of aromatic carboxylic acids is 1. The molecule has 124 valence electrons. The Kier molecular flexibility index (Phi) is 5.42. The zero-order valence-corrected chi connectivity index (χ0v) is 12.3. The third-order valence-electron chi connectivity index (χ3n) is 3.11. The van der Waals surface area contributed by atoms with Crippen LogP contribution in [0.3, 0.4) is 0 Å². The highest BCUT2D eigenvalue weighted by Crippen LogP contribution is 2.32. The monoisotopic (exact) mass is 349 g/mol. The number of carboxylic acid groups (broad SMARTS) is 1. The number of nitrogens with one attached hydrogen (secondary N) is 1. The van der Waals surface area contributed by atoms with Gasteiger partial charge in [-0.05, 0) is 18.1 Å². The van der Waals surface area contributed by atoms with E-state index in [1.165, 1.54) is 6.07 Å². The van der Waals surface area contributed by atoms with Crippen LogP contribution in [0.25, 0.3) is 0 Å². The summed E-state index contributed by atoms with van der Waals surface area (Å²) in [6, 6.07) is 2.21. The van der Waals surface area contributed by atoms with Crippen molar-refractivity contribution in [3.63, 3.8) is 0 Å². The minimum atomic E-state index is -2.70. The van der Waals surface area contributed by atoms with Crippen molar-refractivity contribution in [2.45, 2.75) is 18.1 Å². The van der Waals surface area contributed by atoms with Gasteiger partial charge in [0, 0.05) is 0 Å². The minimum absolute atomic E-state index is 0.0256. The number of amides is 1. The summed E-state index contributed by atoms with van der Waals surface area (Å²) in [7, 11) is -1.62. The van der Waals surface area contributed by atoms with Gasteiger partial charge in [-0.1, -0.05) is 17.8 Å². The van der Waals surface area contributed by atoms with E-state index in [1.807, 2.05) is 0 Å². The van der Waals surface area contributed by atoms with Crippen LogP contribution in [0, 0.1) is 5.82 Å². The van der Waals surface area contributed by atoms with Crippen LogP contribution in [0.4, 0.5) is 13.2 Å². The van der Waals surface area contributed by atoms with E-state index in [2.05, 4.69) is 5.32 Å². The average Bonchev–Trinajstić information content (AvgIpc) is 2.45. The number of halogens is 3. The molecule has 1 amide bonds. The molecule has 0 bridgehead atoms. The van der Waals surface area contributed by atoms with Gasteiger partial charge in [0.25, 0.3) is 5.76 Å². The van der Waals surface area contributed by atoms with Crippen LogP contribution in [0.2, 0.25) is 0 Å². The van der Waals surface area contributed by atoms with E-state index in [4.69, 9.17) is 9.76 Å². The summed E-state index contributed by atoms with van der Waals surface area (Å²) in [5.74, 6) is -7.76. The first-order valence-electron chi connectivity index (χ1n) is 6.38. The second-order valence-electron chi connectivity index (χ2n) is 4.67. The normalized spacial score (nSPS) is 16.7. The Labute approximate surface area is 133 Å². The first-order chi connectivity index (χ1) is 10.8. The number of carboxylic acids is 1. The second kappa shape index (κ2) is 7.13. The Balaban J connectivity index is 2.14. The minimum Gasteiger partial charge on any atom is -0.534 e. The molecule has 0 radical (unpaired) electrons. The lowest BCUT2D eigenvalue weighted by Gasteiger charge is -2.29. The lowest BCUT2D eigenvalue weighted by atomic mass is 9.72. The number of carbonyl (C=O) groups is 2. The average molecular weight is 349 g/mol. The van der Waals surface area contributed by atoms with Gasteiger partial charge < -0.3 is 20.1 Å². The number of benzene rings is 1. The molecule has 1 unspecified atom stereocenters. The Morgan fingerprint density at radius 2 is 2.17 bits per heavy atom. The maximum Gasteiger partial charge on any atom is 0.547 e. The number of hydrogen-bond acceptors (Lipinski definition) is 5. The highest BCUT2D eigenvalue weighted by atomic mass is 32.2. The Morgan fingerprint density at radius 1 is 1.48 bits per heavy atom. The summed E-state index contributed by atoms with van der Waals surface area (Å²) in [6.07, 6.45) is -0.0256. The summed E-state index contributed by atoms with van der Waals surface area (Å²) in [6.45, 7) is 0. The number of hydrogen-bond donors (Lipinski definition) is 3. The van der Waals surface area contributed by atoms with E-state index in [9.17, 15) is 27.8 Å². The first-order valence-corrected chi connectivity index (χ1v) is 7.43. The van der Waals surface area contributed by atoms with Gasteiger partial charge >= 0.3 is 13.1 Å². The zero-order chi connectivity index (χ0) is 17.1. The smallest absolute Gasteiger partial charge is 0.534 e. The molecule has 11 heteroatoms. The van der Waals surface area contributed by atoms with Crippen molar-refractivity contribution < 1.29 is 37.5 Å². The van der Waals surface area contributed by atoms with Gasteiger partial charge in [0.2, 0.25) is 5.91 Å². The van der Waals surface area contributed by atoms with Gasteiger partial charge in [0.1, 0.15) is 17.1 Å². The van der Waals surface area contributed by atoms with Crippen molar-refractivity contribution >= 4 is 30.8 Å². The fourth-order valence-corrected chi connectivity index (χ4v) is 2.51. The van der Waals surface area contributed by atoms with Crippen molar-refractivity contribution in [1.82, 2.24) is 5.32 Å². The molecule has 0 aliphatic carbocycles. The number of rotatable bonds is 5. The molecule has 3 N–H and O–H groups in total. The van der Waals surface area contributed by atoms with Crippen LogP contribution in [-0.2, 0) is 11.2 Å². The Bertz CT molecular complexity index is 633. The molecule has 0 saturated heterocycles. The van der Waals surface area contributed by atoms with Crippen LogP contribution in [0.1, 0.15) is 15.9 Å². The number of alkyl halides is 2. The van der Waals surface area contributed by atoms with E-state index in [0.29, 0.717) is 0 Å². The molecule has 1 aromatic carbocycles. The summed E-state index contributed by atoms with van der Waals surface area (Å²) in [4.78, 5) is 22.6. The summed E-state index contributed by atoms with van der Waals surface area (Å²) in [5.41, 5.74) is -0.430. The van der Waals surface area contributed by atoms with Crippen LogP contribution < -0.4 is 9.97 Å². The highest BCUT2D eigenvalue weighted by molar-refractivity contribution is 8.00. The number of carbonyl (C=O) groups excluding carboxylic acids is 1. The molecule has 2 rings (SSSR count). The van der Waals surface area contributed by atoms with E-state index < -0.39 is 47.8 Å². The van der Waals surface area contributed by atoms with E-state index in [0.717, 1.165) is 6.07 Å². The maximum absolute atomic E-state index is 13.6. The molecule has 6 nitrogen and oxygen atoms in total. The van der Waals surface area contributed by atoms with Crippen molar-refractivity contribution in [1.29, 1.82) is 0 Å². The van der Waals surface area contributed by atoms with Gasteiger partial charge in [-0.25, -0.2) is 9.18 Å². The summed E-state index contributed by atoms with van der Waals surface area (Å²) < 4.78 is 42.6. The van der Waals surface area contributed by atoms with Crippen molar-refractivity contribution in [3.8, 4) is 5.75 Å². The van der Waals surface area contributed by atoms with Crippen LogP contribution in [0.15, 0.2) is 12.1 Å². The summed E-state index contributed by atoms with van der Waals surface area (Å²) >= 11 is 0.128. The number of fused-ring (bicyclic) bond motifs is 1. The predicted molar refractivity (Wildman–Crippen MR) is 76.1 cm³/mol. The predicted octanol–water partition coefficient (Wildman–Crippen LogP) is 0.919. The molecule has 1 heterocycles. The van der Waals surface area contributed by atoms with Gasteiger partial charge in [0.15, 0.2) is 0 Å². The molecular weight excluding hydrogens is 338 g/mol. The van der Waals surface area contributed by atoms with Gasteiger partial charge in [-0.3, -0.25) is 4.79 Å². The second-order valence-corrected chi connectivity index (χ2v) is 5.65. The third-order valence-corrected chi connectivity index (χ3v) is 3.79. The van der Waals surface area contributed by atoms with Gasteiger partial charge in [0.05, 0.1) is 11.7 Å². The van der Waals surface area contributed by atoms with E-state index in [-0.39, 0.29) is 29.5 Å². The largest absolute Gasteiger partial charge is 0.547 e. The fourth-order valence-electron chi connectivity index (χ4n) is 2.15. The fraction of sp³-hybridized carbons (Fsp3) is 0.333. The number of thioether (sulfide) groups is 1. The molecule has 0 aromatic heterocycles. The van der Waals surface area contributed by atoms with Gasteiger partial charge in [-0.2, -0.15) is 8.78 Å². The lowest BCUT2D eigenvalue weighted by molar-refractivity contribution is -0.119. The molecule has 1 aliphatic rings. The zero-order valence-electron chi connectivity index (χ0n) is 11.5. The standard InChI is InChI=1S/C12H11BF3NO5S/c14-6-2-1-5-3-7(17-8(18)4-23-12(15)16)13(21)22-10(5)9(6)11(19)20/h1-2,7,12,21H,3-4H2,(H,17,18)(H,19,20).